The maximum Gasteiger partial charge on any atom is 0.241 e. The first-order chi connectivity index (χ1) is 19.2. The van der Waals surface area contributed by atoms with Crippen molar-refractivity contribution in [3.05, 3.63) is 112 Å². The fraction of sp³-hybridized carbons (Fsp3) is 0.267. The van der Waals surface area contributed by atoms with E-state index < -0.39 is 16.1 Å². The molecule has 1 amide bonds. The molecule has 1 heterocycles. The van der Waals surface area contributed by atoms with Crippen molar-refractivity contribution < 1.29 is 13.2 Å². The maximum atomic E-state index is 14.0. The molecule has 3 aromatic carbocycles. The van der Waals surface area contributed by atoms with Crippen LogP contribution in [0.4, 0.5) is 5.69 Å². The molecule has 0 radical (unpaired) electrons. The van der Waals surface area contributed by atoms with Crippen LogP contribution in [-0.4, -0.2) is 23.9 Å². The lowest BCUT2D eigenvalue weighted by Gasteiger charge is -2.25. The third-order valence-electron chi connectivity index (χ3n) is 7.82. The predicted octanol–water partition coefficient (Wildman–Crippen LogP) is 6.03. The van der Waals surface area contributed by atoms with Crippen LogP contribution in [0.1, 0.15) is 47.3 Å². The third-order valence-corrected chi connectivity index (χ3v) is 9.77. The van der Waals surface area contributed by atoms with Gasteiger partial charge in [-0.05, 0) is 84.3 Å². The molecule has 10 heteroatoms. The Bertz CT molecular complexity index is 1690. The number of aromatic nitrogens is 2. The molecule has 0 bridgehead atoms. The summed E-state index contributed by atoms with van der Waals surface area (Å²) < 4.78 is 31.1. The molecule has 0 unspecified atom stereocenters. The number of sulfonamides is 1. The number of fused-ring (bicyclic) bond motifs is 1. The SMILES string of the molecule is Cn1ccnc1CN(C(=O)[C@H]1C[C@@H]1c1ccc(Cl)cc1)c1ccc2c(c1)[C@@H](NS(=O)(=O)c1cccc(Cl)c1)CC2. The standard InChI is InChI=1S/C30H28Cl2N4O3S/c1-35-14-13-33-29(35)18-36(30(37)27-17-25(27)19-5-9-21(31)10-6-19)23-11-7-20-8-12-28(26(20)16-23)34-40(38,39)24-4-2-3-22(32)15-24/h2-7,9-11,13-16,25,27-28,34H,8,12,17-18H2,1H3/t25-,27+,28+/m1/s1. The van der Waals surface area contributed by atoms with E-state index >= 15 is 0 Å². The van der Waals surface area contributed by atoms with Gasteiger partial charge in [-0.3, -0.25) is 4.79 Å². The zero-order chi connectivity index (χ0) is 28.0. The molecule has 3 atom stereocenters. The molecular weight excluding hydrogens is 567 g/mol. The molecule has 206 valence electrons. The van der Waals surface area contributed by atoms with Gasteiger partial charge in [0.1, 0.15) is 5.82 Å². The molecule has 0 saturated heterocycles. The van der Waals surface area contributed by atoms with Crippen molar-refractivity contribution in [3.63, 3.8) is 0 Å². The summed E-state index contributed by atoms with van der Waals surface area (Å²) in [6.45, 7) is 0.309. The Labute approximate surface area is 243 Å². The predicted molar refractivity (Wildman–Crippen MR) is 156 cm³/mol. The second-order valence-corrected chi connectivity index (χ2v) is 13.0. The Hall–Kier alpha value is -3.17. The van der Waals surface area contributed by atoms with E-state index in [4.69, 9.17) is 23.2 Å². The minimum atomic E-state index is -3.79. The fourth-order valence-corrected chi connectivity index (χ4v) is 7.18. The van der Waals surface area contributed by atoms with Crippen molar-refractivity contribution in [1.82, 2.24) is 14.3 Å². The molecule has 6 rings (SSSR count). The van der Waals surface area contributed by atoms with Crippen LogP contribution in [0.5, 0.6) is 0 Å². The van der Waals surface area contributed by atoms with Gasteiger partial charge in [0.25, 0.3) is 0 Å². The summed E-state index contributed by atoms with van der Waals surface area (Å²) in [4.78, 5) is 20.3. The van der Waals surface area contributed by atoms with Crippen LogP contribution < -0.4 is 9.62 Å². The van der Waals surface area contributed by atoms with Gasteiger partial charge in [-0.1, -0.05) is 47.5 Å². The van der Waals surface area contributed by atoms with Crippen LogP contribution >= 0.6 is 23.2 Å². The van der Waals surface area contributed by atoms with E-state index in [0.29, 0.717) is 23.0 Å². The van der Waals surface area contributed by atoms with Gasteiger partial charge in [-0.25, -0.2) is 18.1 Å². The monoisotopic (exact) mass is 594 g/mol. The molecule has 1 aromatic heterocycles. The second-order valence-electron chi connectivity index (χ2n) is 10.4. The molecular formula is C30H28Cl2N4O3S. The van der Waals surface area contributed by atoms with Crippen LogP contribution in [0.2, 0.25) is 10.0 Å². The quantitative estimate of drug-likeness (QED) is 0.270. The molecule has 2 aliphatic carbocycles. The number of nitrogens with one attached hydrogen (secondary N) is 1. The first-order valence-electron chi connectivity index (χ1n) is 13.1. The van der Waals surface area contributed by atoms with Gasteiger partial charge in [0.15, 0.2) is 0 Å². The Balaban J connectivity index is 1.29. The van der Waals surface area contributed by atoms with Gasteiger partial charge < -0.3 is 9.47 Å². The van der Waals surface area contributed by atoms with E-state index in [-0.39, 0.29) is 22.6 Å². The lowest BCUT2D eigenvalue weighted by atomic mass is 10.1. The molecule has 0 spiro atoms. The van der Waals surface area contributed by atoms with Gasteiger partial charge in [0.05, 0.1) is 11.4 Å². The molecule has 40 heavy (non-hydrogen) atoms. The van der Waals surface area contributed by atoms with E-state index in [1.54, 1.807) is 23.2 Å². The molecule has 1 saturated carbocycles. The maximum absolute atomic E-state index is 14.0. The zero-order valence-electron chi connectivity index (χ0n) is 21.8. The number of imidazole rings is 1. The highest BCUT2D eigenvalue weighted by Crippen LogP contribution is 2.49. The average molecular weight is 596 g/mol. The molecule has 4 aromatic rings. The van der Waals surface area contributed by atoms with Crippen LogP contribution in [0.3, 0.4) is 0 Å². The van der Waals surface area contributed by atoms with E-state index in [2.05, 4.69) is 9.71 Å². The van der Waals surface area contributed by atoms with E-state index in [1.165, 1.54) is 12.1 Å². The van der Waals surface area contributed by atoms with Crippen LogP contribution in [0.25, 0.3) is 0 Å². The highest BCUT2D eigenvalue weighted by Gasteiger charge is 2.46. The van der Waals surface area contributed by atoms with Crippen molar-refractivity contribution in [2.24, 2.45) is 13.0 Å². The fourth-order valence-electron chi connectivity index (χ4n) is 5.50. The van der Waals surface area contributed by atoms with Crippen LogP contribution in [0.15, 0.2) is 84.0 Å². The lowest BCUT2D eigenvalue weighted by Crippen LogP contribution is -2.33. The third kappa shape index (κ3) is 5.41. The Kier molecular flexibility index (Phi) is 7.21. The van der Waals surface area contributed by atoms with E-state index in [9.17, 15) is 13.2 Å². The number of hydrogen-bond donors (Lipinski definition) is 1. The number of nitrogens with zero attached hydrogens (tertiary/aromatic N) is 3. The topological polar surface area (TPSA) is 84.3 Å². The Morgan fingerprint density at radius 1 is 1.07 bits per heavy atom. The normalized spacial score (nSPS) is 19.8. The minimum absolute atomic E-state index is 0.0250. The smallest absolute Gasteiger partial charge is 0.241 e. The van der Waals surface area contributed by atoms with Crippen molar-refractivity contribution in [1.29, 1.82) is 0 Å². The van der Waals surface area contributed by atoms with Gasteiger partial charge in [-0.2, -0.15) is 0 Å². The van der Waals surface area contributed by atoms with Gasteiger partial charge in [0, 0.05) is 47.1 Å². The first-order valence-corrected chi connectivity index (χ1v) is 15.4. The zero-order valence-corrected chi connectivity index (χ0v) is 24.1. The minimum Gasteiger partial charge on any atom is -0.337 e. The number of aryl methyl sites for hydroxylation is 2. The summed E-state index contributed by atoms with van der Waals surface area (Å²) in [5, 5.41) is 1.03. The lowest BCUT2D eigenvalue weighted by molar-refractivity contribution is -0.120. The summed E-state index contributed by atoms with van der Waals surface area (Å²) >= 11 is 12.1. The van der Waals surface area contributed by atoms with Crippen LogP contribution in [0, 0.1) is 5.92 Å². The summed E-state index contributed by atoms with van der Waals surface area (Å²) in [7, 11) is -1.88. The number of hydrogen-bond acceptors (Lipinski definition) is 4. The van der Waals surface area contributed by atoms with Crippen molar-refractivity contribution in [3.8, 4) is 0 Å². The largest absolute Gasteiger partial charge is 0.337 e. The number of carbonyl (C=O) groups is 1. The van der Waals surface area contributed by atoms with E-state index in [0.717, 1.165) is 41.0 Å². The number of halogens is 2. The second kappa shape index (κ2) is 10.7. The summed E-state index contributed by atoms with van der Waals surface area (Å²) in [6.07, 6.45) is 5.72. The van der Waals surface area contributed by atoms with Crippen molar-refractivity contribution in [2.45, 2.75) is 42.7 Å². The molecule has 2 aliphatic rings. The van der Waals surface area contributed by atoms with Gasteiger partial charge in [-0.15, -0.1) is 0 Å². The van der Waals surface area contributed by atoms with Gasteiger partial charge in [0.2, 0.25) is 15.9 Å². The number of rotatable bonds is 8. The molecule has 0 aliphatic heterocycles. The molecule has 1 N–H and O–H groups in total. The van der Waals surface area contributed by atoms with E-state index in [1.807, 2.05) is 60.3 Å². The highest BCUT2D eigenvalue weighted by molar-refractivity contribution is 7.89. The Morgan fingerprint density at radius 2 is 1.88 bits per heavy atom. The summed E-state index contributed by atoms with van der Waals surface area (Å²) in [5.41, 5.74) is 3.77. The summed E-state index contributed by atoms with van der Waals surface area (Å²) in [5.74, 6) is 0.778. The number of anilines is 1. The van der Waals surface area contributed by atoms with Crippen molar-refractivity contribution >= 4 is 44.8 Å². The number of amides is 1. The number of benzene rings is 3. The summed E-state index contributed by atoms with van der Waals surface area (Å²) in [6, 6.07) is 19.4. The van der Waals surface area contributed by atoms with Crippen molar-refractivity contribution in [2.75, 3.05) is 4.90 Å². The van der Waals surface area contributed by atoms with Crippen LogP contribution in [-0.2, 0) is 34.8 Å². The average Bonchev–Trinajstić information content (AvgIpc) is 3.49. The number of carbonyl (C=O) groups excluding carboxylic acids is 1. The molecule has 1 fully saturated rings. The Morgan fingerprint density at radius 3 is 2.60 bits per heavy atom. The van der Waals surface area contributed by atoms with Gasteiger partial charge >= 0.3 is 0 Å². The highest BCUT2D eigenvalue weighted by atomic mass is 35.5. The molecule has 7 nitrogen and oxygen atoms in total. The first kappa shape index (κ1) is 27.0.